The van der Waals surface area contributed by atoms with Crippen molar-refractivity contribution in [3.63, 3.8) is 0 Å². The third kappa shape index (κ3) is 2.92. The number of aryl methyl sites for hydroxylation is 1. The molecule has 5 aromatic rings. The number of hydrogen-bond donors (Lipinski definition) is 1. The van der Waals surface area contributed by atoms with Gasteiger partial charge in [0, 0.05) is 18.7 Å². The smallest absolute Gasteiger partial charge is 0.271 e. The lowest BCUT2D eigenvalue weighted by Crippen LogP contribution is -1.97. The molecule has 0 bridgehead atoms. The average molecular weight is 407 g/mol. The van der Waals surface area contributed by atoms with Crippen LogP contribution < -0.4 is 0 Å². The fourth-order valence-corrected chi connectivity index (χ4v) is 4.35. The van der Waals surface area contributed by atoms with Gasteiger partial charge in [-0.05, 0) is 24.6 Å². The van der Waals surface area contributed by atoms with Gasteiger partial charge in [-0.2, -0.15) is 0 Å². The van der Waals surface area contributed by atoms with Gasteiger partial charge in [0.25, 0.3) is 5.69 Å². The van der Waals surface area contributed by atoms with E-state index in [1.54, 1.807) is 6.07 Å². The number of benzene rings is 2. The number of H-pyrrole nitrogens is 1. The van der Waals surface area contributed by atoms with Crippen molar-refractivity contribution in [3.05, 3.63) is 58.4 Å². The number of rotatable bonds is 6. The summed E-state index contributed by atoms with van der Waals surface area (Å²) in [6.07, 6.45) is 1.01. The molecule has 0 amide bonds. The van der Waals surface area contributed by atoms with Gasteiger partial charge in [0.15, 0.2) is 5.16 Å². The number of aromatic nitrogens is 6. The molecule has 10 heteroatoms. The van der Waals surface area contributed by atoms with Crippen molar-refractivity contribution in [3.8, 4) is 0 Å². The number of aromatic amines is 1. The number of thioether (sulfide) groups is 1. The molecule has 146 valence electrons. The highest BCUT2D eigenvalue weighted by molar-refractivity contribution is 7.98. The molecule has 0 radical (unpaired) electrons. The molecule has 9 nitrogen and oxygen atoms in total. The van der Waals surface area contributed by atoms with Crippen molar-refractivity contribution in [2.75, 3.05) is 0 Å². The molecule has 0 unspecified atom stereocenters. The number of nitrogens with zero attached hydrogens (tertiary/aromatic N) is 6. The predicted octanol–water partition coefficient (Wildman–Crippen LogP) is 4.17. The first-order valence-corrected chi connectivity index (χ1v) is 10.2. The van der Waals surface area contributed by atoms with Crippen LogP contribution in [-0.2, 0) is 12.3 Å². The minimum absolute atomic E-state index is 0.0447. The second-order valence-electron chi connectivity index (χ2n) is 6.69. The van der Waals surface area contributed by atoms with Crippen LogP contribution in [0.15, 0.2) is 47.6 Å². The second-order valence-corrected chi connectivity index (χ2v) is 7.63. The molecule has 3 heterocycles. The Balaban J connectivity index is 1.49. The molecule has 2 aromatic carbocycles. The lowest BCUT2D eigenvalue weighted by molar-refractivity contribution is -0.384. The van der Waals surface area contributed by atoms with Crippen LogP contribution in [0.4, 0.5) is 5.69 Å². The Kier molecular flexibility index (Phi) is 4.20. The summed E-state index contributed by atoms with van der Waals surface area (Å²) in [6, 6.07) is 12.8. The van der Waals surface area contributed by atoms with E-state index in [1.165, 1.54) is 23.9 Å². The van der Waals surface area contributed by atoms with Crippen LogP contribution in [0, 0.1) is 10.1 Å². The van der Waals surface area contributed by atoms with E-state index in [4.69, 9.17) is 0 Å². The third-order valence-electron chi connectivity index (χ3n) is 4.78. The molecule has 1 N–H and O–H groups in total. The average Bonchev–Trinajstić information content (AvgIpc) is 3.40. The SMILES string of the molecule is CCCn1c2ccccc2n2c(SCc3nc4ccc([N+](=O)[O-])cc4[nH]3)nnc12. The molecule has 0 aliphatic carbocycles. The maximum absolute atomic E-state index is 11.0. The monoisotopic (exact) mass is 407 g/mol. The number of hydrogen-bond acceptors (Lipinski definition) is 6. The van der Waals surface area contributed by atoms with E-state index in [0.717, 1.165) is 40.8 Å². The maximum atomic E-state index is 11.0. The molecule has 0 fully saturated rings. The van der Waals surface area contributed by atoms with Gasteiger partial charge in [-0.3, -0.25) is 14.5 Å². The Morgan fingerprint density at radius 2 is 2.00 bits per heavy atom. The Hall–Kier alpha value is -3.40. The van der Waals surface area contributed by atoms with Gasteiger partial charge in [0.05, 0.1) is 32.7 Å². The first-order valence-electron chi connectivity index (χ1n) is 9.24. The molecule has 0 aliphatic rings. The topological polar surface area (TPSA) is 107 Å². The minimum atomic E-state index is -0.409. The lowest BCUT2D eigenvalue weighted by atomic mass is 10.3. The number of imidazole rings is 2. The predicted molar refractivity (Wildman–Crippen MR) is 111 cm³/mol. The summed E-state index contributed by atoms with van der Waals surface area (Å²) < 4.78 is 4.26. The number of nitrogens with one attached hydrogen (secondary N) is 1. The summed E-state index contributed by atoms with van der Waals surface area (Å²) in [6.45, 7) is 3.02. The van der Waals surface area contributed by atoms with Gasteiger partial charge < -0.3 is 9.55 Å². The number of para-hydroxylation sites is 2. The van der Waals surface area contributed by atoms with Crippen molar-refractivity contribution in [2.24, 2.45) is 0 Å². The molecule has 0 spiro atoms. The lowest BCUT2D eigenvalue weighted by Gasteiger charge is -2.00. The van der Waals surface area contributed by atoms with E-state index in [1.807, 2.05) is 12.1 Å². The Labute approximate surface area is 168 Å². The van der Waals surface area contributed by atoms with Crippen LogP contribution in [0.3, 0.4) is 0 Å². The highest BCUT2D eigenvalue weighted by atomic mass is 32.2. The molecule has 0 saturated heterocycles. The summed E-state index contributed by atoms with van der Waals surface area (Å²) >= 11 is 1.53. The summed E-state index contributed by atoms with van der Waals surface area (Å²) in [5.74, 6) is 2.12. The zero-order valence-electron chi connectivity index (χ0n) is 15.6. The van der Waals surface area contributed by atoms with Crippen molar-refractivity contribution in [1.82, 2.24) is 29.1 Å². The number of non-ortho nitro benzene ring substituents is 1. The van der Waals surface area contributed by atoms with Crippen molar-refractivity contribution < 1.29 is 4.92 Å². The Bertz CT molecular complexity index is 1370. The van der Waals surface area contributed by atoms with Crippen molar-refractivity contribution in [2.45, 2.75) is 30.8 Å². The second kappa shape index (κ2) is 6.89. The number of nitro benzene ring substituents is 1. The van der Waals surface area contributed by atoms with Gasteiger partial charge in [0.1, 0.15) is 5.82 Å². The number of fused-ring (bicyclic) bond motifs is 4. The van der Waals surface area contributed by atoms with Crippen LogP contribution >= 0.6 is 11.8 Å². The van der Waals surface area contributed by atoms with Crippen molar-refractivity contribution >= 4 is 45.3 Å². The van der Waals surface area contributed by atoms with Crippen LogP contribution in [0.2, 0.25) is 0 Å². The largest absolute Gasteiger partial charge is 0.341 e. The zero-order valence-corrected chi connectivity index (χ0v) is 16.4. The van der Waals surface area contributed by atoms with Crippen molar-refractivity contribution in [1.29, 1.82) is 0 Å². The fraction of sp³-hybridized carbons (Fsp3) is 0.211. The van der Waals surface area contributed by atoms with Crippen LogP contribution in [0.25, 0.3) is 27.8 Å². The molecule has 0 saturated carbocycles. The van der Waals surface area contributed by atoms with Gasteiger partial charge >= 0.3 is 0 Å². The van der Waals surface area contributed by atoms with E-state index in [2.05, 4.69) is 48.2 Å². The van der Waals surface area contributed by atoms with Crippen LogP contribution in [-0.4, -0.2) is 34.1 Å². The molecule has 0 aliphatic heterocycles. The normalized spacial score (nSPS) is 11.8. The van der Waals surface area contributed by atoms with Gasteiger partial charge in [0.2, 0.25) is 5.78 Å². The third-order valence-corrected chi connectivity index (χ3v) is 5.72. The molecule has 5 rings (SSSR count). The van der Waals surface area contributed by atoms with E-state index < -0.39 is 4.92 Å². The Morgan fingerprint density at radius 1 is 1.17 bits per heavy atom. The molecular weight excluding hydrogens is 390 g/mol. The van der Waals surface area contributed by atoms with Gasteiger partial charge in [-0.15, -0.1) is 10.2 Å². The van der Waals surface area contributed by atoms with Crippen LogP contribution in [0.1, 0.15) is 19.2 Å². The maximum Gasteiger partial charge on any atom is 0.271 e. The summed E-state index contributed by atoms with van der Waals surface area (Å²) in [5, 5.41) is 20.5. The first kappa shape index (κ1) is 17.7. The molecule has 0 atom stereocenters. The Morgan fingerprint density at radius 3 is 2.79 bits per heavy atom. The number of nitro groups is 1. The molecular formula is C19H17N7O2S. The van der Waals surface area contributed by atoms with Crippen LogP contribution in [0.5, 0.6) is 0 Å². The fourth-order valence-electron chi connectivity index (χ4n) is 3.54. The highest BCUT2D eigenvalue weighted by Gasteiger charge is 2.17. The molecule has 3 aromatic heterocycles. The van der Waals surface area contributed by atoms with E-state index in [-0.39, 0.29) is 5.69 Å². The minimum Gasteiger partial charge on any atom is -0.341 e. The van der Waals surface area contributed by atoms with Gasteiger partial charge in [-0.1, -0.05) is 30.8 Å². The summed E-state index contributed by atoms with van der Waals surface area (Å²) in [7, 11) is 0. The van der Waals surface area contributed by atoms with Gasteiger partial charge in [-0.25, -0.2) is 4.98 Å². The van der Waals surface area contributed by atoms with E-state index >= 15 is 0 Å². The standard InChI is InChI=1S/C19H17N7O2S/c1-2-9-24-15-5-3-4-6-16(15)25-18(24)22-23-19(25)29-11-17-20-13-8-7-12(26(27)28)10-14(13)21-17/h3-8,10H,2,9,11H2,1H3,(H,20,21). The quantitative estimate of drug-likeness (QED) is 0.257. The zero-order chi connectivity index (χ0) is 20.0. The molecule has 29 heavy (non-hydrogen) atoms. The summed E-state index contributed by atoms with van der Waals surface area (Å²) in [5.41, 5.74) is 3.61. The van der Waals surface area contributed by atoms with E-state index in [9.17, 15) is 10.1 Å². The summed E-state index contributed by atoms with van der Waals surface area (Å²) in [4.78, 5) is 18.2. The van der Waals surface area contributed by atoms with E-state index in [0.29, 0.717) is 16.8 Å². The first-order chi connectivity index (χ1) is 14.2. The highest BCUT2D eigenvalue weighted by Crippen LogP contribution is 2.28.